The number of hydrogen-bond acceptors (Lipinski definition) is 5. The molecule has 4 nitrogen and oxygen atoms in total. The van der Waals surface area contributed by atoms with Crippen molar-refractivity contribution in [3.8, 4) is 11.3 Å². The predicted octanol–water partition coefficient (Wildman–Crippen LogP) is 3.18. The number of benzene rings is 1. The molecule has 1 aliphatic rings. The maximum Gasteiger partial charge on any atom is 0.222 e. The molecular formula is C12H11BrN2O2S. The van der Waals surface area contributed by atoms with Crippen LogP contribution in [0.15, 0.2) is 38.2 Å². The van der Waals surface area contributed by atoms with E-state index in [9.17, 15) is 0 Å². The van der Waals surface area contributed by atoms with E-state index >= 15 is 0 Å². The van der Waals surface area contributed by atoms with Crippen LogP contribution in [0.1, 0.15) is 0 Å². The van der Waals surface area contributed by atoms with Crippen LogP contribution in [0.3, 0.4) is 0 Å². The van der Waals surface area contributed by atoms with Crippen LogP contribution in [0.25, 0.3) is 11.3 Å². The molecule has 18 heavy (non-hydrogen) atoms. The zero-order valence-electron chi connectivity index (χ0n) is 9.43. The van der Waals surface area contributed by atoms with Crippen molar-refractivity contribution in [3.05, 3.63) is 28.7 Å². The summed E-state index contributed by atoms with van der Waals surface area (Å²) in [6.45, 7) is 1.66. The number of nitrogen functional groups attached to an aromatic ring is 1. The van der Waals surface area contributed by atoms with Crippen molar-refractivity contribution in [2.24, 2.45) is 0 Å². The van der Waals surface area contributed by atoms with Gasteiger partial charge in [0.25, 0.3) is 0 Å². The first-order valence-corrected chi connectivity index (χ1v) is 7.16. The highest BCUT2D eigenvalue weighted by molar-refractivity contribution is 9.10. The maximum atomic E-state index is 5.52. The van der Waals surface area contributed by atoms with Gasteiger partial charge >= 0.3 is 0 Å². The first-order chi connectivity index (χ1) is 8.72. The lowest BCUT2D eigenvalue weighted by molar-refractivity contribution is 0.0455. The summed E-state index contributed by atoms with van der Waals surface area (Å²) >= 11 is 5.41. The third-order valence-corrected chi connectivity index (χ3v) is 4.79. The topological polar surface area (TPSA) is 61.3 Å². The quantitative estimate of drug-likeness (QED) is 0.938. The number of halogens is 1. The maximum absolute atomic E-state index is 5.52. The van der Waals surface area contributed by atoms with Crippen LogP contribution in [-0.4, -0.2) is 23.6 Å². The van der Waals surface area contributed by atoms with Crippen LogP contribution in [0, 0.1) is 0 Å². The van der Waals surface area contributed by atoms with Crippen molar-refractivity contribution >= 4 is 33.6 Å². The molecule has 0 unspecified atom stereocenters. The molecule has 1 aromatic heterocycles. The van der Waals surface area contributed by atoms with Gasteiger partial charge in [-0.2, -0.15) is 0 Å². The number of thioether (sulfide) groups is 1. The zero-order valence-corrected chi connectivity index (χ0v) is 11.8. The molecule has 0 aliphatic carbocycles. The van der Waals surface area contributed by atoms with Crippen LogP contribution in [0.5, 0.6) is 0 Å². The van der Waals surface area contributed by atoms with Gasteiger partial charge in [-0.25, -0.2) is 0 Å². The van der Waals surface area contributed by atoms with Crippen molar-refractivity contribution in [2.75, 3.05) is 18.9 Å². The molecule has 3 rings (SSSR count). The Morgan fingerprint density at radius 1 is 1.33 bits per heavy atom. The molecule has 0 saturated carbocycles. The van der Waals surface area contributed by atoms with Gasteiger partial charge in [-0.15, -0.1) is 11.8 Å². The Morgan fingerprint density at radius 3 is 2.72 bits per heavy atom. The molecule has 1 saturated heterocycles. The fourth-order valence-corrected chi connectivity index (χ4v) is 3.31. The minimum Gasteiger partial charge on any atom is -0.379 e. The number of anilines is 1. The largest absolute Gasteiger partial charge is 0.379 e. The van der Waals surface area contributed by atoms with Crippen LogP contribution in [-0.2, 0) is 4.74 Å². The van der Waals surface area contributed by atoms with E-state index in [1.807, 2.05) is 23.9 Å². The van der Waals surface area contributed by atoms with Gasteiger partial charge in [0.05, 0.1) is 18.5 Å². The second-order valence-electron chi connectivity index (χ2n) is 4.04. The summed E-state index contributed by atoms with van der Waals surface area (Å²) in [5.41, 5.74) is 7.25. The van der Waals surface area contributed by atoms with Gasteiger partial charge in [0.1, 0.15) is 5.69 Å². The van der Waals surface area contributed by atoms with E-state index in [-0.39, 0.29) is 0 Å². The second-order valence-corrected chi connectivity index (χ2v) is 6.23. The molecule has 6 heteroatoms. The first kappa shape index (κ1) is 12.1. The fraction of sp³-hybridized carbons (Fsp3) is 0.250. The van der Waals surface area contributed by atoms with Crippen LogP contribution < -0.4 is 5.73 Å². The number of aromatic nitrogens is 1. The van der Waals surface area contributed by atoms with Crippen molar-refractivity contribution in [3.63, 3.8) is 0 Å². The Labute approximate surface area is 117 Å². The number of rotatable bonds is 3. The normalized spacial score (nSPS) is 15.6. The molecule has 0 atom stereocenters. The molecule has 0 spiro atoms. The molecule has 0 radical (unpaired) electrons. The Kier molecular flexibility index (Phi) is 3.32. The van der Waals surface area contributed by atoms with E-state index in [0.717, 1.165) is 28.9 Å². The molecule has 1 aliphatic heterocycles. The summed E-state index contributed by atoms with van der Waals surface area (Å²) in [5, 5.41) is 4.46. The Bertz CT molecular complexity index is 569. The highest BCUT2D eigenvalue weighted by Gasteiger charge is 2.20. The van der Waals surface area contributed by atoms with Gasteiger partial charge < -0.3 is 15.0 Å². The van der Waals surface area contributed by atoms with Crippen LogP contribution in [0.4, 0.5) is 5.88 Å². The zero-order chi connectivity index (χ0) is 12.5. The summed E-state index contributed by atoms with van der Waals surface area (Å²) in [6, 6.07) is 7.84. The van der Waals surface area contributed by atoms with Gasteiger partial charge in [0, 0.05) is 21.0 Å². The summed E-state index contributed by atoms with van der Waals surface area (Å²) in [6.07, 6.45) is 0. The first-order valence-electron chi connectivity index (χ1n) is 5.49. The van der Waals surface area contributed by atoms with Crippen LogP contribution in [0.2, 0.25) is 0 Å². The molecule has 2 heterocycles. The van der Waals surface area contributed by atoms with Gasteiger partial charge in [0.2, 0.25) is 5.88 Å². The third kappa shape index (κ3) is 2.41. The van der Waals surface area contributed by atoms with Crippen molar-refractivity contribution in [1.29, 1.82) is 0 Å². The van der Waals surface area contributed by atoms with Gasteiger partial charge in [-0.1, -0.05) is 11.2 Å². The number of nitrogens with two attached hydrogens (primary N) is 1. The lowest BCUT2D eigenvalue weighted by Crippen LogP contribution is -2.30. The Balaban J connectivity index is 1.83. The molecule has 2 N–H and O–H groups in total. The highest BCUT2D eigenvalue weighted by Crippen LogP contribution is 2.36. The molecular weight excluding hydrogens is 316 g/mol. The van der Waals surface area contributed by atoms with Crippen LogP contribution >= 0.6 is 27.7 Å². The molecule has 94 valence electrons. The minimum atomic E-state index is 0.325. The molecule has 2 aromatic rings. The van der Waals surface area contributed by atoms with Gasteiger partial charge in [0.15, 0.2) is 0 Å². The van der Waals surface area contributed by atoms with E-state index in [4.69, 9.17) is 15.0 Å². The summed E-state index contributed by atoms with van der Waals surface area (Å²) < 4.78 is 11.1. The molecule has 1 aromatic carbocycles. The van der Waals surface area contributed by atoms with E-state index in [1.165, 1.54) is 4.90 Å². The number of nitrogens with zero attached hydrogens (tertiary/aromatic N) is 1. The minimum absolute atomic E-state index is 0.325. The standard InChI is InChI=1S/C12H11BrN2O2S/c13-9-3-7(10-4-12(14)17-15-10)1-2-11(9)18-8-5-16-6-8/h1-4,8H,5-6,14H2. The lowest BCUT2D eigenvalue weighted by Gasteiger charge is -2.25. The third-order valence-electron chi connectivity index (χ3n) is 2.66. The van der Waals surface area contributed by atoms with Gasteiger partial charge in [-0.05, 0) is 28.1 Å². The summed E-state index contributed by atoms with van der Waals surface area (Å²) in [5.74, 6) is 0.325. The van der Waals surface area contributed by atoms with E-state index in [2.05, 4.69) is 27.2 Å². The van der Waals surface area contributed by atoms with Crippen molar-refractivity contribution in [1.82, 2.24) is 5.16 Å². The molecule has 0 amide bonds. The smallest absolute Gasteiger partial charge is 0.222 e. The molecule has 1 fully saturated rings. The second kappa shape index (κ2) is 4.95. The average molecular weight is 327 g/mol. The summed E-state index contributed by atoms with van der Waals surface area (Å²) in [4.78, 5) is 1.21. The van der Waals surface area contributed by atoms with Gasteiger partial charge in [-0.3, -0.25) is 0 Å². The van der Waals surface area contributed by atoms with Crippen molar-refractivity contribution in [2.45, 2.75) is 10.1 Å². The lowest BCUT2D eigenvalue weighted by atomic mass is 10.1. The number of hydrogen-bond donors (Lipinski definition) is 1. The summed E-state index contributed by atoms with van der Waals surface area (Å²) in [7, 11) is 0. The van der Waals surface area contributed by atoms with Crippen molar-refractivity contribution < 1.29 is 9.26 Å². The SMILES string of the molecule is Nc1cc(-c2ccc(SC3COC3)c(Br)c2)no1. The predicted molar refractivity (Wildman–Crippen MR) is 74.5 cm³/mol. The molecule has 0 bridgehead atoms. The highest BCUT2D eigenvalue weighted by atomic mass is 79.9. The number of ether oxygens (including phenoxy) is 1. The fourth-order valence-electron chi connectivity index (χ4n) is 1.64. The Morgan fingerprint density at radius 2 is 2.17 bits per heavy atom. The Hall–Kier alpha value is -0.980. The van der Waals surface area contributed by atoms with E-state index in [0.29, 0.717) is 11.1 Å². The average Bonchev–Trinajstić information content (AvgIpc) is 2.72. The van der Waals surface area contributed by atoms with E-state index < -0.39 is 0 Å². The van der Waals surface area contributed by atoms with E-state index in [1.54, 1.807) is 6.07 Å². The monoisotopic (exact) mass is 326 g/mol.